The number of pyridine rings is 2. The van der Waals surface area contributed by atoms with Gasteiger partial charge in [0, 0.05) is 25.1 Å². The van der Waals surface area contributed by atoms with E-state index in [0.717, 1.165) is 23.9 Å². The summed E-state index contributed by atoms with van der Waals surface area (Å²) in [5.74, 6) is -0.186. The monoisotopic (exact) mass is 399 g/mol. The van der Waals surface area contributed by atoms with E-state index in [9.17, 15) is 18.0 Å². The lowest BCUT2D eigenvalue weighted by Gasteiger charge is -2.09. The van der Waals surface area contributed by atoms with Crippen LogP contribution in [-0.4, -0.2) is 22.1 Å². The standard InChI is InChI=1S/C20H16F3N5O/c21-20(22,23)16-4-1-3-15(11-16)13-27-28-19(29)17-5-2-8-25-18(17)26-12-14-6-9-24-10-7-14/h1-11,13H,12H2,(H,25,26)(H,28,29)/b27-13+. The van der Waals surface area contributed by atoms with E-state index in [2.05, 4.69) is 25.8 Å². The average molecular weight is 399 g/mol. The molecule has 0 saturated carbocycles. The van der Waals surface area contributed by atoms with Crippen LogP contribution in [0.4, 0.5) is 19.0 Å². The number of halogens is 3. The first-order valence-corrected chi connectivity index (χ1v) is 8.52. The highest BCUT2D eigenvalue weighted by molar-refractivity contribution is 5.99. The Morgan fingerprint density at radius 3 is 2.62 bits per heavy atom. The third kappa shape index (κ3) is 5.61. The first-order chi connectivity index (χ1) is 13.9. The second kappa shape index (κ2) is 8.96. The molecule has 1 aromatic carbocycles. The highest BCUT2D eigenvalue weighted by Gasteiger charge is 2.30. The summed E-state index contributed by atoms with van der Waals surface area (Å²) >= 11 is 0. The smallest absolute Gasteiger partial charge is 0.365 e. The van der Waals surface area contributed by atoms with Gasteiger partial charge in [0.05, 0.1) is 17.3 Å². The molecule has 0 spiro atoms. The van der Waals surface area contributed by atoms with Gasteiger partial charge >= 0.3 is 6.18 Å². The van der Waals surface area contributed by atoms with Crippen LogP contribution < -0.4 is 10.7 Å². The fourth-order valence-corrected chi connectivity index (χ4v) is 2.44. The summed E-state index contributed by atoms with van der Waals surface area (Å²) in [5, 5.41) is 6.81. The van der Waals surface area contributed by atoms with Gasteiger partial charge in [-0.25, -0.2) is 10.4 Å². The molecule has 0 aliphatic rings. The van der Waals surface area contributed by atoms with Crippen LogP contribution in [-0.2, 0) is 12.7 Å². The van der Waals surface area contributed by atoms with Crippen molar-refractivity contribution in [1.29, 1.82) is 0 Å². The molecule has 0 fully saturated rings. The Hall–Kier alpha value is -3.75. The van der Waals surface area contributed by atoms with E-state index in [1.165, 1.54) is 18.3 Å². The molecule has 6 nitrogen and oxygen atoms in total. The van der Waals surface area contributed by atoms with Gasteiger partial charge in [-0.3, -0.25) is 9.78 Å². The Kier molecular flexibility index (Phi) is 6.18. The molecule has 0 aliphatic heterocycles. The first-order valence-electron chi connectivity index (χ1n) is 8.52. The number of nitrogens with zero attached hydrogens (tertiary/aromatic N) is 3. The number of amides is 1. The summed E-state index contributed by atoms with van der Waals surface area (Å²) in [6.45, 7) is 0.438. The number of benzene rings is 1. The Labute approximate surface area is 164 Å². The van der Waals surface area contributed by atoms with Gasteiger partial charge in [-0.05, 0) is 47.5 Å². The normalized spacial score (nSPS) is 11.4. The van der Waals surface area contributed by atoms with Gasteiger partial charge in [0.15, 0.2) is 0 Å². The number of carbonyl (C=O) groups excluding carboxylic acids is 1. The Morgan fingerprint density at radius 1 is 1.07 bits per heavy atom. The minimum atomic E-state index is -4.45. The molecule has 0 saturated heterocycles. The minimum Gasteiger partial charge on any atom is -0.365 e. The van der Waals surface area contributed by atoms with Crippen molar-refractivity contribution in [2.24, 2.45) is 5.10 Å². The number of nitrogens with one attached hydrogen (secondary N) is 2. The lowest BCUT2D eigenvalue weighted by atomic mass is 10.1. The van der Waals surface area contributed by atoms with Crippen molar-refractivity contribution in [2.75, 3.05) is 5.32 Å². The molecule has 2 N–H and O–H groups in total. The van der Waals surface area contributed by atoms with Gasteiger partial charge in [0.25, 0.3) is 5.91 Å². The number of anilines is 1. The second-order valence-corrected chi connectivity index (χ2v) is 5.93. The highest BCUT2D eigenvalue weighted by atomic mass is 19.4. The molecule has 0 atom stereocenters. The van der Waals surface area contributed by atoms with E-state index >= 15 is 0 Å². The van der Waals surface area contributed by atoms with Crippen molar-refractivity contribution in [3.8, 4) is 0 Å². The molecule has 3 rings (SSSR count). The van der Waals surface area contributed by atoms with Gasteiger partial charge in [0.2, 0.25) is 0 Å². The third-order valence-electron chi connectivity index (χ3n) is 3.86. The molecule has 29 heavy (non-hydrogen) atoms. The van der Waals surface area contributed by atoms with Gasteiger partial charge < -0.3 is 5.32 Å². The van der Waals surface area contributed by atoms with Crippen LogP contribution in [0.2, 0.25) is 0 Å². The molecule has 1 amide bonds. The van der Waals surface area contributed by atoms with Crippen LogP contribution in [0.1, 0.15) is 27.0 Å². The van der Waals surface area contributed by atoms with Crippen LogP contribution in [0.3, 0.4) is 0 Å². The number of hydrogen-bond acceptors (Lipinski definition) is 5. The van der Waals surface area contributed by atoms with Crippen molar-refractivity contribution in [3.05, 3.63) is 89.4 Å². The Morgan fingerprint density at radius 2 is 1.86 bits per heavy atom. The quantitative estimate of drug-likeness (QED) is 0.487. The van der Waals surface area contributed by atoms with Crippen molar-refractivity contribution in [1.82, 2.24) is 15.4 Å². The molecule has 3 aromatic rings. The van der Waals surface area contributed by atoms with Crippen LogP contribution in [0.15, 0.2) is 72.2 Å². The molecule has 0 unspecified atom stereocenters. The number of alkyl halides is 3. The number of aromatic nitrogens is 2. The van der Waals surface area contributed by atoms with E-state index in [4.69, 9.17) is 0 Å². The summed E-state index contributed by atoms with van der Waals surface area (Å²) < 4.78 is 38.2. The number of rotatable bonds is 6. The third-order valence-corrected chi connectivity index (χ3v) is 3.86. The molecular weight excluding hydrogens is 383 g/mol. The van der Waals surface area contributed by atoms with Crippen LogP contribution >= 0.6 is 0 Å². The molecule has 0 aliphatic carbocycles. The topological polar surface area (TPSA) is 79.3 Å². The molecule has 2 aromatic heterocycles. The lowest BCUT2D eigenvalue weighted by Crippen LogP contribution is -2.20. The van der Waals surface area contributed by atoms with Gasteiger partial charge in [-0.15, -0.1) is 0 Å². The van der Waals surface area contributed by atoms with Crippen LogP contribution in [0, 0.1) is 0 Å². The van der Waals surface area contributed by atoms with E-state index in [0.29, 0.717) is 12.4 Å². The van der Waals surface area contributed by atoms with Crippen molar-refractivity contribution in [3.63, 3.8) is 0 Å². The maximum Gasteiger partial charge on any atom is 0.416 e. The lowest BCUT2D eigenvalue weighted by molar-refractivity contribution is -0.137. The van der Waals surface area contributed by atoms with E-state index in [1.54, 1.807) is 24.5 Å². The minimum absolute atomic E-state index is 0.211. The maximum atomic E-state index is 12.7. The molecule has 0 radical (unpaired) electrons. The Balaban J connectivity index is 1.66. The zero-order valence-corrected chi connectivity index (χ0v) is 15.0. The number of carbonyl (C=O) groups is 1. The van der Waals surface area contributed by atoms with E-state index < -0.39 is 17.6 Å². The first kappa shape index (κ1) is 20.0. The number of hydrogen-bond donors (Lipinski definition) is 2. The highest BCUT2D eigenvalue weighted by Crippen LogP contribution is 2.29. The van der Waals surface area contributed by atoms with Crippen molar-refractivity contribution in [2.45, 2.75) is 12.7 Å². The molecule has 148 valence electrons. The largest absolute Gasteiger partial charge is 0.416 e. The fraction of sp³-hybridized carbons (Fsp3) is 0.100. The predicted octanol–water partition coefficient (Wildman–Crippen LogP) is 3.87. The average Bonchev–Trinajstić information content (AvgIpc) is 2.73. The summed E-state index contributed by atoms with van der Waals surface area (Å²) in [6.07, 6.45) is 1.56. The molecular formula is C20H16F3N5O. The van der Waals surface area contributed by atoms with Gasteiger partial charge in [-0.2, -0.15) is 18.3 Å². The van der Waals surface area contributed by atoms with Gasteiger partial charge in [-0.1, -0.05) is 12.1 Å². The predicted molar refractivity (Wildman–Crippen MR) is 102 cm³/mol. The van der Waals surface area contributed by atoms with Crippen molar-refractivity contribution < 1.29 is 18.0 Å². The fourth-order valence-electron chi connectivity index (χ4n) is 2.44. The van der Waals surface area contributed by atoms with E-state index in [-0.39, 0.29) is 11.1 Å². The molecule has 2 heterocycles. The zero-order chi connectivity index (χ0) is 20.7. The van der Waals surface area contributed by atoms with Crippen LogP contribution in [0.25, 0.3) is 0 Å². The maximum absolute atomic E-state index is 12.7. The molecule has 9 heteroatoms. The molecule has 0 bridgehead atoms. The van der Waals surface area contributed by atoms with Crippen LogP contribution in [0.5, 0.6) is 0 Å². The summed E-state index contributed by atoms with van der Waals surface area (Å²) in [6, 6.07) is 11.5. The SMILES string of the molecule is O=C(N/N=C/c1cccc(C(F)(F)F)c1)c1cccnc1NCc1ccncc1. The summed E-state index contributed by atoms with van der Waals surface area (Å²) in [4.78, 5) is 20.5. The van der Waals surface area contributed by atoms with Gasteiger partial charge in [0.1, 0.15) is 5.82 Å². The second-order valence-electron chi connectivity index (χ2n) is 5.93. The summed E-state index contributed by atoms with van der Waals surface area (Å²) in [7, 11) is 0. The zero-order valence-electron chi connectivity index (χ0n) is 15.0. The Bertz CT molecular complexity index is 1010. The van der Waals surface area contributed by atoms with E-state index in [1.807, 2.05) is 12.1 Å². The number of hydrazone groups is 1. The summed E-state index contributed by atoms with van der Waals surface area (Å²) in [5.41, 5.74) is 2.94. The van der Waals surface area contributed by atoms with Crippen molar-refractivity contribution >= 4 is 17.9 Å².